The standard InChI is InChI=1S/C17H18FNO3/c1-11-15(17(20)19-10-14-3-2-8-21-14)9-16(22-11)12-4-6-13(18)7-5-12/h4-7,9,14H,2-3,8,10H2,1H3,(H,19,20). The molecule has 5 heteroatoms. The highest BCUT2D eigenvalue weighted by Crippen LogP contribution is 2.25. The molecule has 1 aromatic heterocycles. The average Bonchev–Trinajstić information content (AvgIpc) is 3.15. The summed E-state index contributed by atoms with van der Waals surface area (Å²) in [5.41, 5.74) is 1.24. The number of amides is 1. The second kappa shape index (κ2) is 6.32. The minimum absolute atomic E-state index is 0.104. The van der Waals surface area contributed by atoms with Crippen LogP contribution in [0, 0.1) is 12.7 Å². The van der Waals surface area contributed by atoms with E-state index in [-0.39, 0.29) is 17.8 Å². The van der Waals surface area contributed by atoms with E-state index < -0.39 is 0 Å². The van der Waals surface area contributed by atoms with E-state index in [0.717, 1.165) is 25.0 Å². The van der Waals surface area contributed by atoms with Crippen molar-refractivity contribution in [2.45, 2.75) is 25.9 Å². The third-order valence-corrected chi connectivity index (χ3v) is 3.81. The Morgan fingerprint density at radius 3 is 2.82 bits per heavy atom. The van der Waals surface area contributed by atoms with Crippen LogP contribution in [0.1, 0.15) is 29.0 Å². The van der Waals surface area contributed by atoms with E-state index in [1.165, 1.54) is 12.1 Å². The second-order valence-corrected chi connectivity index (χ2v) is 5.43. The van der Waals surface area contributed by atoms with Gasteiger partial charge in [-0.15, -0.1) is 0 Å². The number of nitrogens with one attached hydrogen (secondary N) is 1. The molecule has 1 unspecified atom stereocenters. The lowest BCUT2D eigenvalue weighted by Gasteiger charge is -2.10. The van der Waals surface area contributed by atoms with Gasteiger partial charge in [-0.3, -0.25) is 4.79 Å². The number of rotatable bonds is 4. The van der Waals surface area contributed by atoms with Gasteiger partial charge in [0.25, 0.3) is 5.91 Å². The zero-order chi connectivity index (χ0) is 15.5. The van der Waals surface area contributed by atoms with Crippen LogP contribution in [0.5, 0.6) is 0 Å². The molecule has 1 fully saturated rings. The fourth-order valence-corrected chi connectivity index (χ4v) is 2.57. The van der Waals surface area contributed by atoms with Gasteiger partial charge in [0, 0.05) is 18.7 Å². The summed E-state index contributed by atoms with van der Waals surface area (Å²) in [5.74, 6) is 0.621. The SMILES string of the molecule is Cc1oc(-c2ccc(F)cc2)cc1C(=O)NCC1CCCO1. The predicted molar refractivity (Wildman–Crippen MR) is 80.1 cm³/mol. The number of hydrogen-bond acceptors (Lipinski definition) is 3. The first-order valence-corrected chi connectivity index (χ1v) is 7.39. The lowest BCUT2D eigenvalue weighted by molar-refractivity contribution is 0.0856. The minimum atomic E-state index is -0.304. The largest absolute Gasteiger partial charge is 0.461 e. The van der Waals surface area contributed by atoms with Crippen LogP contribution in [0.15, 0.2) is 34.7 Å². The Morgan fingerprint density at radius 2 is 2.14 bits per heavy atom. The first-order chi connectivity index (χ1) is 10.6. The van der Waals surface area contributed by atoms with Crippen molar-refractivity contribution in [1.29, 1.82) is 0 Å². The maximum atomic E-state index is 13.0. The summed E-state index contributed by atoms with van der Waals surface area (Å²) in [5, 5.41) is 2.87. The summed E-state index contributed by atoms with van der Waals surface area (Å²) >= 11 is 0. The number of furan rings is 1. The van der Waals surface area contributed by atoms with E-state index >= 15 is 0 Å². The average molecular weight is 303 g/mol. The lowest BCUT2D eigenvalue weighted by atomic mass is 10.1. The molecule has 0 radical (unpaired) electrons. The van der Waals surface area contributed by atoms with Gasteiger partial charge in [-0.2, -0.15) is 0 Å². The molecule has 0 aliphatic carbocycles. The fraction of sp³-hybridized carbons (Fsp3) is 0.353. The number of carbonyl (C=O) groups is 1. The van der Waals surface area contributed by atoms with Crippen molar-refractivity contribution in [3.05, 3.63) is 47.5 Å². The summed E-state index contributed by atoms with van der Waals surface area (Å²) in [6.45, 7) is 3.02. The number of aryl methyl sites for hydroxylation is 1. The fourth-order valence-electron chi connectivity index (χ4n) is 2.57. The Balaban J connectivity index is 1.71. The quantitative estimate of drug-likeness (QED) is 0.943. The normalized spacial score (nSPS) is 17.6. The molecule has 1 atom stereocenters. The molecule has 1 N–H and O–H groups in total. The zero-order valence-corrected chi connectivity index (χ0v) is 12.4. The molecular formula is C17H18FNO3. The molecule has 0 saturated carbocycles. The minimum Gasteiger partial charge on any atom is -0.461 e. The highest BCUT2D eigenvalue weighted by molar-refractivity contribution is 5.96. The third-order valence-electron chi connectivity index (χ3n) is 3.81. The Labute approximate surface area is 128 Å². The molecule has 116 valence electrons. The molecule has 3 rings (SSSR count). The van der Waals surface area contributed by atoms with Gasteiger partial charge in [0.05, 0.1) is 11.7 Å². The molecule has 1 aliphatic heterocycles. The second-order valence-electron chi connectivity index (χ2n) is 5.43. The van der Waals surface area contributed by atoms with Gasteiger partial charge >= 0.3 is 0 Å². The van der Waals surface area contributed by atoms with Crippen LogP contribution in [0.3, 0.4) is 0 Å². The predicted octanol–water partition coefficient (Wildman–Crippen LogP) is 3.30. The van der Waals surface area contributed by atoms with Gasteiger partial charge in [-0.1, -0.05) is 0 Å². The molecule has 2 heterocycles. The van der Waals surface area contributed by atoms with E-state index in [2.05, 4.69) is 5.32 Å². The van der Waals surface area contributed by atoms with Gasteiger partial charge in [-0.05, 0) is 50.1 Å². The van der Waals surface area contributed by atoms with E-state index in [4.69, 9.17) is 9.15 Å². The maximum Gasteiger partial charge on any atom is 0.254 e. The summed E-state index contributed by atoms with van der Waals surface area (Å²) in [6.07, 6.45) is 2.12. The molecule has 0 spiro atoms. The highest BCUT2D eigenvalue weighted by Gasteiger charge is 2.19. The zero-order valence-electron chi connectivity index (χ0n) is 12.4. The molecule has 22 heavy (non-hydrogen) atoms. The van der Waals surface area contributed by atoms with Gasteiger partial charge in [0.15, 0.2) is 0 Å². The van der Waals surface area contributed by atoms with Crippen molar-refractivity contribution in [2.75, 3.05) is 13.2 Å². The van der Waals surface area contributed by atoms with Crippen molar-refractivity contribution in [1.82, 2.24) is 5.32 Å². The Kier molecular flexibility index (Phi) is 4.24. The maximum absolute atomic E-state index is 13.0. The molecule has 4 nitrogen and oxygen atoms in total. The molecule has 1 aromatic carbocycles. The lowest BCUT2D eigenvalue weighted by Crippen LogP contribution is -2.31. The molecule has 1 amide bonds. The molecule has 2 aromatic rings. The first-order valence-electron chi connectivity index (χ1n) is 7.39. The Morgan fingerprint density at radius 1 is 1.36 bits per heavy atom. The topological polar surface area (TPSA) is 51.5 Å². The molecule has 1 saturated heterocycles. The van der Waals surface area contributed by atoms with Gasteiger partial charge in [-0.25, -0.2) is 4.39 Å². The van der Waals surface area contributed by atoms with E-state index in [1.807, 2.05) is 0 Å². The third kappa shape index (κ3) is 3.20. The number of carbonyl (C=O) groups excluding carboxylic acids is 1. The van der Waals surface area contributed by atoms with E-state index in [1.54, 1.807) is 25.1 Å². The van der Waals surface area contributed by atoms with Crippen LogP contribution in [0.2, 0.25) is 0 Å². The van der Waals surface area contributed by atoms with E-state index in [0.29, 0.717) is 23.6 Å². The molecule has 1 aliphatic rings. The Bertz CT molecular complexity index is 657. The smallest absolute Gasteiger partial charge is 0.254 e. The molecule has 0 bridgehead atoms. The van der Waals surface area contributed by atoms with Gasteiger partial charge in [0.1, 0.15) is 17.3 Å². The summed E-state index contributed by atoms with van der Waals surface area (Å²) in [7, 11) is 0. The van der Waals surface area contributed by atoms with Crippen molar-refractivity contribution in [3.63, 3.8) is 0 Å². The van der Waals surface area contributed by atoms with Gasteiger partial charge < -0.3 is 14.5 Å². The van der Waals surface area contributed by atoms with Crippen molar-refractivity contribution in [3.8, 4) is 11.3 Å². The number of benzene rings is 1. The van der Waals surface area contributed by atoms with Crippen LogP contribution < -0.4 is 5.32 Å². The monoisotopic (exact) mass is 303 g/mol. The summed E-state index contributed by atoms with van der Waals surface area (Å²) < 4.78 is 24.1. The van der Waals surface area contributed by atoms with Crippen molar-refractivity contribution < 1.29 is 18.3 Å². The van der Waals surface area contributed by atoms with Crippen molar-refractivity contribution in [2.24, 2.45) is 0 Å². The van der Waals surface area contributed by atoms with Gasteiger partial charge in [0.2, 0.25) is 0 Å². The molecular weight excluding hydrogens is 285 g/mol. The highest BCUT2D eigenvalue weighted by atomic mass is 19.1. The van der Waals surface area contributed by atoms with Crippen molar-refractivity contribution >= 4 is 5.91 Å². The van der Waals surface area contributed by atoms with Crippen LogP contribution >= 0.6 is 0 Å². The summed E-state index contributed by atoms with van der Waals surface area (Å²) in [4.78, 5) is 12.2. The summed E-state index contributed by atoms with van der Waals surface area (Å²) in [6, 6.07) is 7.67. The van der Waals surface area contributed by atoms with Crippen LogP contribution in [0.4, 0.5) is 4.39 Å². The van der Waals surface area contributed by atoms with E-state index in [9.17, 15) is 9.18 Å². The first kappa shape index (κ1) is 14.8. The number of hydrogen-bond donors (Lipinski definition) is 1. The Hall–Kier alpha value is -2.14. The number of halogens is 1. The van der Waals surface area contributed by atoms with Crippen LogP contribution in [0.25, 0.3) is 11.3 Å². The van der Waals surface area contributed by atoms with Crippen LogP contribution in [-0.2, 0) is 4.74 Å². The number of ether oxygens (including phenoxy) is 1. The van der Waals surface area contributed by atoms with Crippen LogP contribution in [-0.4, -0.2) is 25.2 Å².